The van der Waals surface area contributed by atoms with E-state index in [9.17, 15) is 0 Å². The van der Waals surface area contributed by atoms with Gasteiger partial charge in [0.25, 0.3) is 0 Å². The zero-order valence-corrected chi connectivity index (χ0v) is 23.6. The number of fused-ring (bicyclic) bond motifs is 1. The van der Waals surface area contributed by atoms with E-state index >= 15 is 0 Å². The highest BCUT2D eigenvalue weighted by molar-refractivity contribution is 5.75. The first kappa shape index (κ1) is 27.8. The van der Waals surface area contributed by atoms with Crippen molar-refractivity contribution in [3.05, 3.63) is 66.2 Å². The van der Waals surface area contributed by atoms with Crippen molar-refractivity contribution in [2.24, 2.45) is 0 Å². The molecule has 38 heavy (non-hydrogen) atoms. The minimum Gasteiger partial charge on any atom is -0.378 e. The van der Waals surface area contributed by atoms with E-state index in [-0.39, 0.29) is 0 Å². The maximum Gasteiger partial charge on any atom is 0.160 e. The predicted octanol–water partition coefficient (Wildman–Crippen LogP) is 7.14. The molecule has 204 valence electrons. The first-order valence-corrected chi connectivity index (χ1v) is 14.5. The summed E-state index contributed by atoms with van der Waals surface area (Å²) in [4.78, 5) is 7.35. The van der Waals surface area contributed by atoms with Gasteiger partial charge in [-0.15, -0.1) is 0 Å². The number of anilines is 1. The largest absolute Gasteiger partial charge is 0.378 e. The highest BCUT2D eigenvalue weighted by Crippen LogP contribution is 2.27. The molecule has 4 rings (SSSR count). The number of hydrogen-bond acceptors (Lipinski definition) is 5. The summed E-state index contributed by atoms with van der Waals surface area (Å²) in [7, 11) is 0. The highest BCUT2D eigenvalue weighted by Gasteiger charge is 2.20. The van der Waals surface area contributed by atoms with Gasteiger partial charge in [-0.1, -0.05) is 76.8 Å². The number of aromatic nitrogens is 5. The number of unbranched alkanes of at least 4 members (excludes halogenated alkanes) is 3. The van der Waals surface area contributed by atoms with E-state index < -0.39 is 0 Å². The smallest absolute Gasteiger partial charge is 0.160 e. The molecule has 0 bridgehead atoms. The lowest BCUT2D eigenvalue weighted by molar-refractivity contribution is 0.122. The molecule has 0 radical (unpaired) electrons. The summed E-state index contributed by atoms with van der Waals surface area (Å²) in [6.45, 7) is 11.8. The Labute approximate surface area is 227 Å². The maximum absolute atomic E-state index is 5.64. The van der Waals surface area contributed by atoms with Crippen LogP contribution in [0.5, 0.6) is 0 Å². The SMILES string of the molecule is C\C=C/C(=C\C=C\CC)c1cc2nc(-n3ccc(C(CC)CCCCCC)n3)cc(N3CCOCC3)n2n1. The van der Waals surface area contributed by atoms with E-state index in [0.717, 1.165) is 60.2 Å². The molecule has 3 aromatic rings. The standard InChI is InChI=1S/C31H44N6O/c1-5-9-11-13-15-25(8-4)27-17-18-36(33-27)29-24-31(35-19-21-38-22-20-35)37-30(32-29)23-28(34-37)26(14-7-3)16-12-10-6-2/h7,10,12,14,16-18,23-25H,5-6,8-9,11,13,15,19-22H2,1-4H3/b12-10+,14-7-,26-16+. The number of ether oxygens (including phenoxy) is 1. The van der Waals surface area contributed by atoms with E-state index in [2.05, 4.69) is 80.4 Å². The summed E-state index contributed by atoms with van der Waals surface area (Å²) in [6, 6.07) is 6.36. The van der Waals surface area contributed by atoms with Gasteiger partial charge >= 0.3 is 0 Å². The average Bonchev–Trinajstić information content (AvgIpc) is 3.60. The lowest BCUT2D eigenvalue weighted by atomic mass is 9.95. The molecular formula is C31H44N6O. The van der Waals surface area contributed by atoms with Crippen molar-refractivity contribution in [2.45, 2.75) is 78.6 Å². The van der Waals surface area contributed by atoms with Gasteiger partial charge in [-0.05, 0) is 32.3 Å². The second kappa shape index (κ2) is 14.1. The summed E-state index contributed by atoms with van der Waals surface area (Å²) >= 11 is 0. The summed E-state index contributed by atoms with van der Waals surface area (Å²) in [6.07, 6.45) is 21.0. The average molecular weight is 517 g/mol. The summed E-state index contributed by atoms with van der Waals surface area (Å²) in [5, 5.41) is 10.0. The van der Waals surface area contributed by atoms with Crippen molar-refractivity contribution < 1.29 is 4.74 Å². The molecule has 1 aliphatic rings. The third-order valence-corrected chi connectivity index (χ3v) is 7.18. The van der Waals surface area contributed by atoms with E-state index in [1.165, 1.54) is 32.1 Å². The molecular weight excluding hydrogens is 472 g/mol. The van der Waals surface area contributed by atoms with Gasteiger partial charge in [0.1, 0.15) is 5.82 Å². The summed E-state index contributed by atoms with van der Waals surface area (Å²) in [5.74, 6) is 2.33. The zero-order valence-electron chi connectivity index (χ0n) is 23.6. The van der Waals surface area contributed by atoms with Crippen molar-refractivity contribution in [1.29, 1.82) is 0 Å². The van der Waals surface area contributed by atoms with Crippen LogP contribution in [0.15, 0.2) is 54.8 Å². The van der Waals surface area contributed by atoms with Gasteiger partial charge in [-0.3, -0.25) is 0 Å². The van der Waals surface area contributed by atoms with Crippen molar-refractivity contribution >= 4 is 17.0 Å². The molecule has 7 heteroatoms. The molecule has 0 aromatic carbocycles. The van der Waals surface area contributed by atoms with Gasteiger partial charge in [-0.2, -0.15) is 14.7 Å². The van der Waals surface area contributed by atoms with Gasteiger partial charge in [-0.25, -0.2) is 9.67 Å². The molecule has 1 saturated heterocycles. The van der Waals surface area contributed by atoms with E-state index in [0.29, 0.717) is 19.1 Å². The third kappa shape index (κ3) is 6.81. The lowest BCUT2D eigenvalue weighted by Crippen LogP contribution is -2.37. The van der Waals surface area contributed by atoms with Crippen LogP contribution < -0.4 is 4.90 Å². The highest BCUT2D eigenvalue weighted by atomic mass is 16.5. The Kier molecular flexibility index (Phi) is 10.3. The summed E-state index contributed by atoms with van der Waals surface area (Å²) < 4.78 is 9.55. The molecule has 0 spiro atoms. The van der Waals surface area contributed by atoms with E-state index in [1.54, 1.807) is 0 Å². The second-order valence-electron chi connectivity index (χ2n) is 9.97. The Morgan fingerprint density at radius 2 is 1.92 bits per heavy atom. The second-order valence-corrected chi connectivity index (χ2v) is 9.97. The number of nitrogens with zero attached hydrogens (tertiary/aromatic N) is 6. The number of hydrogen-bond donors (Lipinski definition) is 0. The Balaban J connectivity index is 1.71. The molecule has 0 N–H and O–H groups in total. The molecule has 4 heterocycles. The van der Waals surface area contributed by atoms with Crippen LogP contribution in [-0.2, 0) is 4.74 Å². The minimum absolute atomic E-state index is 0.488. The molecule has 1 aliphatic heterocycles. The van der Waals surface area contributed by atoms with Crippen LogP contribution in [-0.4, -0.2) is 50.7 Å². The molecule has 0 aliphatic carbocycles. The van der Waals surface area contributed by atoms with E-state index in [1.807, 2.05) is 16.1 Å². The molecule has 1 atom stereocenters. The minimum atomic E-state index is 0.488. The molecule has 3 aromatic heterocycles. The van der Waals surface area contributed by atoms with Crippen LogP contribution in [0.2, 0.25) is 0 Å². The number of morpholine rings is 1. The summed E-state index contributed by atoms with van der Waals surface area (Å²) in [5.41, 5.74) is 3.95. The molecule has 1 unspecified atom stereocenters. The van der Waals surface area contributed by atoms with Crippen LogP contribution in [0.3, 0.4) is 0 Å². The maximum atomic E-state index is 5.64. The van der Waals surface area contributed by atoms with Crippen LogP contribution in [0.4, 0.5) is 5.82 Å². The fourth-order valence-corrected chi connectivity index (χ4v) is 5.00. The first-order chi connectivity index (χ1) is 18.7. The van der Waals surface area contributed by atoms with Crippen LogP contribution >= 0.6 is 0 Å². The van der Waals surface area contributed by atoms with Crippen LogP contribution in [0, 0.1) is 0 Å². The fourth-order valence-electron chi connectivity index (χ4n) is 5.00. The lowest BCUT2D eigenvalue weighted by Gasteiger charge is -2.29. The number of allylic oxidation sites excluding steroid dienone is 6. The fraction of sp³-hybridized carbons (Fsp3) is 0.516. The van der Waals surface area contributed by atoms with Gasteiger partial charge in [0.05, 0.1) is 24.6 Å². The monoisotopic (exact) mass is 516 g/mol. The zero-order chi connectivity index (χ0) is 26.7. The van der Waals surface area contributed by atoms with Gasteiger partial charge in [0, 0.05) is 42.9 Å². The Morgan fingerprint density at radius 1 is 1.08 bits per heavy atom. The third-order valence-electron chi connectivity index (χ3n) is 7.18. The molecule has 0 amide bonds. The van der Waals surface area contributed by atoms with E-state index in [4.69, 9.17) is 19.9 Å². The van der Waals surface area contributed by atoms with Gasteiger partial charge < -0.3 is 9.64 Å². The van der Waals surface area contributed by atoms with Crippen molar-refractivity contribution in [2.75, 3.05) is 31.2 Å². The van der Waals surface area contributed by atoms with Crippen LogP contribution in [0.25, 0.3) is 17.0 Å². The van der Waals surface area contributed by atoms with Crippen molar-refractivity contribution in [3.63, 3.8) is 0 Å². The Hall–Kier alpha value is -3.19. The topological polar surface area (TPSA) is 60.5 Å². The first-order valence-electron chi connectivity index (χ1n) is 14.5. The molecule has 0 saturated carbocycles. The number of rotatable bonds is 13. The molecule has 1 fully saturated rings. The van der Waals surface area contributed by atoms with Crippen LogP contribution in [0.1, 0.15) is 89.9 Å². The normalized spacial score (nSPS) is 15.9. The quantitative estimate of drug-likeness (QED) is 0.178. The Morgan fingerprint density at radius 3 is 2.66 bits per heavy atom. The van der Waals surface area contributed by atoms with Crippen molar-refractivity contribution in [3.8, 4) is 5.82 Å². The van der Waals surface area contributed by atoms with Crippen molar-refractivity contribution in [1.82, 2.24) is 24.4 Å². The Bertz CT molecular complexity index is 1240. The van der Waals surface area contributed by atoms with Gasteiger partial charge in [0.15, 0.2) is 11.5 Å². The molecule has 7 nitrogen and oxygen atoms in total. The van der Waals surface area contributed by atoms with Gasteiger partial charge in [0.2, 0.25) is 0 Å². The predicted molar refractivity (Wildman–Crippen MR) is 157 cm³/mol.